The van der Waals surface area contributed by atoms with Crippen LogP contribution in [0.25, 0.3) is 0 Å². The summed E-state index contributed by atoms with van der Waals surface area (Å²) in [5.41, 5.74) is -0.832. The summed E-state index contributed by atoms with van der Waals surface area (Å²) in [6, 6.07) is 2.66. The van der Waals surface area contributed by atoms with Crippen molar-refractivity contribution in [1.82, 2.24) is 14.9 Å². The number of alkyl halides is 5. The maximum Gasteiger partial charge on any atom is 0.421 e. The number of likely N-dealkylation sites (tertiary alicyclic amines) is 1. The molecule has 1 fully saturated rings. The fourth-order valence-corrected chi connectivity index (χ4v) is 3.31. The highest BCUT2D eigenvalue weighted by Crippen LogP contribution is 2.38. The minimum absolute atomic E-state index is 0.000670. The Morgan fingerprint density at radius 3 is 2.45 bits per heavy atom. The first-order chi connectivity index (χ1) is 15.5. The number of ether oxygens (including phenoxy) is 2. The van der Waals surface area contributed by atoms with Gasteiger partial charge in [-0.1, -0.05) is 0 Å². The molecule has 1 saturated heterocycles. The third kappa shape index (κ3) is 5.34. The van der Waals surface area contributed by atoms with E-state index in [1.165, 1.54) is 26.4 Å². The number of nitrogens with zero attached hydrogens (tertiary/aromatic N) is 3. The van der Waals surface area contributed by atoms with Crippen LogP contribution in [0.5, 0.6) is 11.5 Å². The Bertz CT molecular complexity index is 1030. The fraction of sp³-hybridized carbons (Fsp3) is 0.450. The second-order valence-corrected chi connectivity index (χ2v) is 7.19. The Kier molecular flexibility index (Phi) is 6.79. The van der Waals surface area contributed by atoms with E-state index in [2.05, 4.69) is 20.6 Å². The number of hydrogen-bond acceptors (Lipinski definition) is 7. The molecule has 1 aromatic heterocycles. The lowest BCUT2D eigenvalue weighted by Crippen LogP contribution is -2.31. The second kappa shape index (κ2) is 9.24. The first-order valence-electron chi connectivity index (χ1n) is 9.87. The van der Waals surface area contributed by atoms with Crippen LogP contribution in [0.4, 0.5) is 39.4 Å². The molecule has 180 valence electrons. The molecule has 0 unspecified atom stereocenters. The van der Waals surface area contributed by atoms with Crippen LogP contribution in [0.3, 0.4) is 0 Å². The van der Waals surface area contributed by atoms with Gasteiger partial charge in [0.2, 0.25) is 5.95 Å². The molecule has 1 amide bonds. The average Bonchev–Trinajstić information content (AvgIpc) is 3.12. The molecule has 0 saturated carbocycles. The number of hydrogen-bond donors (Lipinski definition) is 2. The largest absolute Gasteiger partial charge is 0.496 e. The predicted octanol–water partition coefficient (Wildman–Crippen LogP) is 4.17. The molecule has 0 atom stereocenters. The summed E-state index contributed by atoms with van der Waals surface area (Å²) < 4.78 is 77.2. The van der Waals surface area contributed by atoms with Crippen LogP contribution in [0.2, 0.25) is 0 Å². The SMILES string of the molecule is CCNc1nc(Nc2cc(OC)c(C(=O)N3CCC(F)(F)C3)cc2OC)ncc1C(F)(F)F. The van der Waals surface area contributed by atoms with Crippen LogP contribution in [-0.2, 0) is 6.18 Å². The van der Waals surface area contributed by atoms with Crippen LogP contribution in [0.15, 0.2) is 18.3 Å². The van der Waals surface area contributed by atoms with E-state index in [1.807, 2.05) is 0 Å². The minimum atomic E-state index is -4.65. The summed E-state index contributed by atoms with van der Waals surface area (Å²) in [7, 11) is 2.60. The topological polar surface area (TPSA) is 88.6 Å². The molecule has 2 heterocycles. The number of anilines is 3. The molecule has 1 aromatic carbocycles. The van der Waals surface area contributed by atoms with Crippen LogP contribution < -0.4 is 20.1 Å². The number of carbonyl (C=O) groups is 1. The van der Waals surface area contributed by atoms with E-state index in [0.717, 1.165) is 4.90 Å². The van der Waals surface area contributed by atoms with E-state index in [4.69, 9.17) is 9.47 Å². The fourth-order valence-electron chi connectivity index (χ4n) is 3.31. The third-order valence-electron chi connectivity index (χ3n) is 4.89. The number of nitrogens with one attached hydrogen (secondary N) is 2. The van der Waals surface area contributed by atoms with Crippen LogP contribution >= 0.6 is 0 Å². The zero-order valence-electron chi connectivity index (χ0n) is 18.0. The number of rotatable bonds is 7. The lowest BCUT2D eigenvalue weighted by Gasteiger charge is -2.20. The molecule has 1 aliphatic rings. The Labute approximate surface area is 186 Å². The summed E-state index contributed by atoms with van der Waals surface area (Å²) in [4.78, 5) is 21.4. The van der Waals surface area contributed by atoms with Crippen molar-refractivity contribution in [3.05, 3.63) is 29.5 Å². The summed E-state index contributed by atoms with van der Waals surface area (Å²) in [6.45, 7) is 1.01. The Morgan fingerprint density at radius 1 is 1.21 bits per heavy atom. The zero-order valence-corrected chi connectivity index (χ0v) is 18.0. The highest BCUT2D eigenvalue weighted by molar-refractivity contribution is 5.98. The van der Waals surface area contributed by atoms with Gasteiger partial charge < -0.3 is 25.0 Å². The Hall–Kier alpha value is -3.38. The molecule has 0 radical (unpaired) electrons. The summed E-state index contributed by atoms with van der Waals surface area (Å²) >= 11 is 0. The van der Waals surface area contributed by atoms with Gasteiger partial charge in [-0.05, 0) is 13.0 Å². The van der Waals surface area contributed by atoms with Gasteiger partial charge in [-0.2, -0.15) is 18.2 Å². The van der Waals surface area contributed by atoms with Gasteiger partial charge in [0.15, 0.2) is 0 Å². The van der Waals surface area contributed by atoms with Gasteiger partial charge in [0, 0.05) is 31.8 Å². The summed E-state index contributed by atoms with van der Waals surface area (Å²) in [6.07, 6.45) is -4.44. The van der Waals surface area contributed by atoms with Crippen molar-refractivity contribution in [2.75, 3.05) is 44.5 Å². The molecule has 8 nitrogen and oxygen atoms in total. The molecular weight excluding hydrogens is 453 g/mol. The molecule has 0 spiro atoms. The average molecular weight is 475 g/mol. The zero-order chi connectivity index (χ0) is 24.4. The first-order valence-corrected chi connectivity index (χ1v) is 9.87. The van der Waals surface area contributed by atoms with Gasteiger partial charge >= 0.3 is 6.18 Å². The van der Waals surface area contributed by atoms with Gasteiger partial charge in [0.25, 0.3) is 11.8 Å². The van der Waals surface area contributed by atoms with E-state index in [0.29, 0.717) is 6.20 Å². The minimum Gasteiger partial charge on any atom is -0.496 e. The molecule has 2 aromatic rings. The number of aromatic nitrogens is 2. The van der Waals surface area contributed by atoms with Crippen molar-refractivity contribution in [2.24, 2.45) is 0 Å². The lowest BCUT2D eigenvalue weighted by atomic mass is 10.1. The maximum atomic E-state index is 13.5. The first kappa shape index (κ1) is 24.3. The Balaban J connectivity index is 1.94. The number of halogens is 5. The van der Waals surface area contributed by atoms with Crippen LogP contribution in [-0.4, -0.2) is 60.6 Å². The highest BCUT2D eigenvalue weighted by Gasteiger charge is 2.41. The summed E-state index contributed by atoms with van der Waals surface area (Å²) in [5.74, 6) is -4.03. The monoisotopic (exact) mass is 475 g/mol. The van der Waals surface area contributed by atoms with Crippen molar-refractivity contribution in [3.8, 4) is 11.5 Å². The molecule has 1 aliphatic heterocycles. The van der Waals surface area contributed by atoms with Gasteiger partial charge in [-0.25, -0.2) is 13.8 Å². The number of methoxy groups -OCH3 is 2. The number of benzene rings is 1. The van der Waals surface area contributed by atoms with E-state index in [1.54, 1.807) is 6.92 Å². The predicted molar refractivity (Wildman–Crippen MR) is 109 cm³/mol. The highest BCUT2D eigenvalue weighted by atomic mass is 19.4. The number of carbonyl (C=O) groups excluding carboxylic acids is 1. The van der Waals surface area contributed by atoms with Gasteiger partial charge in [-0.3, -0.25) is 4.79 Å². The van der Waals surface area contributed by atoms with Crippen molar-refractivity contribution in [2.45, 2.75) is 25.4 Å². The normalized spacial score (nSPS) is 15.3. The standard InChI is InChI=1S/C20H22F5N5O3/c1-4-26-16-12(20(23,24)25)9-27-18(29-16)28-13-8-14(32-2)11(7-15(13)33-3)17(31)30-6-5-19(21,22)10-30/h7-9H,4-6,10H2,1-3H3,(H2,26,27,28,29). The van der Waals surface area contributed by atoms with Crippen molar-refractivity contribution < 1.29 is 36.2 Å². The molecule has 0 aliphatic carbocycles. The Morgan fingerprint density at radius 2 is 1.91 bits per heavy atom. The second-order valence-electron chi connectivity index (χ2n) is 7.19. The quantitative estimate of drug-likeness (QED) is 0.581. The number of amides is 1. The summed E-state index contributed by atoms with van der Waals surface area (Å²) in [5, 5.41) is 5.29. The van der Waals surface area contributed by atoms with Crippen molar-refractivity contribution in [3.63, 3.8) is 0 Å². The van der Waals surface area contributed by atoms with Gasteiger partial charge in [0.05, 0.1) is 32.0 Å². The lowest BCUT2D eigenvalue weighted by molar-refractivity contribution is -0.137. The molecule has 33 heavy (non-hydrogen) atoms. The molecule has 3 rings (SSSR count). The van der Waals surface area contributed by atoms with Crippen LogP contribution in [0.1, 0.15) is 29.3 Å². The smallest absolute Gasteiger partial charge is 0.421 e. The molecule has 13 heteroatoms. The van der Waals surface area contributed by atoms with E-state index < -0.39 is 42.4 Å². The van der Waals surface area contributed by atoms with E-state index in [9.17, 15) is 26.7 Å². The third-order valence-corrected chi connectivity index (χ3v) is 4.89. The van der Waals surface area contributed by atoms with E-state index >= 15 is 0 Å². The molecule has 2 N–H and O–H groups in total. The van der Waals surface area contributed by atoms with E-state index in [-0.39, 0.29) is 41.8 Å². The van der Waals surface area contributed by atoms with Gasteiger partial charge in [-0.15, -0.1) is 0 Å². The molecule has 0 bridgehead atoms. The van der Waals surface area contributed by atoms with Crippen molar-refractivity contribution >= 4 is 23.4 Å². The van der Waals surface area contributed by atoms with Crippen molar-refractivity contribution in [1.29, 1.82) is 0 Å². The molecular formula is C20H22F5N5O3. The van der Waals surface area contributed by atoms with Gasteiger partial charge in [0.1, 0.15) is 22.9 Å². The van der Waals surface area contributed by atoms with Crippen LogP contribution in [0, 0.1) is 0 Å². The maximum absolute atomic E-state index is 13.5.